The van der Waals surface area contributed by atoms with E-state index in [1.807, 2.05) is 0 Å². The highest BCUT2D eigenvalue weighted by Gasteiger charge is 2.35. The highest BCUT2D eigenvalue weighted by molar-refractivity contribution is 5.37. The van der Waals surface area contributed by atoms with Crippen LogP contribution in [0.2, 0.25) is 0 Å². The molecule has 0 amide bonds. The van der Waals surface area contributed by atoms with Gasteiger partial charge in [0.05, 0.1) is 19.3 Å². The lowest BCUT2D eigenvalue weighted by Crippen LogP contribution is -2.32. The molecular formula is C21H37NO3. The lowest BCUT2D eigenvalue weighted by atomic mass is 9.73. The maximum Gasteiger partial charge on any atom is 0.119 e. The first-order valence-electron chi connectivity index (χ1n) is 9.60. The normalized spacial score (nSPS) is 19.0. The Balaban J connectivity index is 3.09. The molecule has 1 aliphatic carbocycles. The summed E-state index contributed by atoms with van der Waals surface area (Å²) in [6, 6.07) is 0. The zero-order chi connectivity index (χ0) is 19.1. The van der Waals surface area contributed by atoms with Crippen molar-refractivity contribution in [3.05, 3.63) is 27.9 Å². The molecule has 0 fully saturated rings. The SMILES string of the molecule is CCCCOC1CC(C(C)(C)C)=C(OCCCN=O)C=C1C(C)(C)C. The quantitative estimate of drug-likeness (QED) is 0.377. The molecule has 25 heavy (non-hydrogen) atoms. The Morgan fingerprint density at radius 2 is 1.76 bits per heavy atom. The summed E-state index contributed by atoms with van der Waals surface area (Å²) in [5, 5.41) is 2.91. The molecule has 4 nitrogen and oxygen atoms in total. The second-order valence-corrected chi connectivity index (χ2v) is 8.91. The second kappa shape index (κ2) is 9.51. The van der Waals surface area contributed by atoms with E-state index < -0.39 is 0 Å². The fourth-order valence-electron chi connectivity index (χ4n) is 3.05. The maximum atomic E-state index is 10.3. The van der Waals surface area contributed by atoms with Gasteiger partial charge in [-0.3, -0.25) is 0 Å². The van der Waals surface area contributed by atoms with E-state index in [1.54, 1.807) is 0 Å². The summed E-state index contributed by atoms with van der Waals surface area (Å²) in [6.45, 7) is 17.2. The fourth-order valence-corrected chi connectivity index (χ4v) is 3.05. The van der Waals surface area contributed by atoms with Gasteiger partial charge >= 0.3 is 0 Å². The number of nitrogens with zero attached hydrogens (tertiary/aromatic N) is 1. The first kappa shape index (κ1) is 21.9. The van der Waals surface area contributed by atoms with Crippen LogP contribution in [0.1, 0.15) is 74.1 Å². The van der Waals surface area contributed by atoms with Gasteiger partial charge in [-0.25, -0.2) is 0 Å². The van der Waals surface area contributed by atoms with E-state index in [4.69, 9.17) is 9.47 Å². The second-order valence-electron chi connectivity index (χ2n) is 8.91. The third kappa shape index (κ3) is 6.93. The van der Waals surface area contributed by atoms with Crippen LogP contribution in [-0.2, 0) is 9.47 Å². The fraction of sp³-hybridized carbons (Fsp3) is 0.810. The minimum atomic E-state index is 0.0184. The first-order chi connectivity index (χ1) is 11.6. The van der Waals surface area contributed by atoms with Crippen LogP contribution < -0.4 is 0 Å². The van der Waals surface area contributed by atoms with E-state index in [1.165, 1.54) is 11.1 Å². The molecule has 1 rings (SSSR count). The number of allylic oxidation sites excluding steroid dienone is 1. The average molecular weight is 352 g/mol. The molecule has 0 heterocycles. The first-order valence-corrected chi connectivity index (χ1v) is 9.60. The third-order valence-corrected chi connectivity index (χ3v) is 4.56. The van der Waals surface area contributed by atoms with Crippen LogP contribution in [0.15, 0.2) is 28.2 Å². The van der Waals surface area contributed by atoms with Crippen molar-refractivity contribution in [1.29, 1.82) is 0 Å². The van der Waals surface area contributed by atoms with Crippen LogP contribution in [0.3, 0.4) is 0 Å². The Kier molecular flexibility index (Phi) is 8.33. The third-order valence-electron chi connectivity index (χ3n) is 4.56. The molecule has 4 heteroatoms. The highest BCUT2D eigenvalue weighted by atomic mass is 16.5. The average Bonchev–Trinajstić information content (AvgIpc) is 2.50. The molecule has 0 radical (unpaired) electrons. The molecule has 0 aromatic heterocycles. The Bertz CT molecular complexity index is 492. The van der Waals surface area contributed by atoms with Crippen LogP contribution in [0, 0.1) is 15.7 Å². The summed E-state index contributed by atoms with van der Waals surface area (Å²) in [5.41, 5.74) is 2.63. The number of unbranched alkanes of at least 4 members (excludes halogenated alkanes) is 1. The predicted octanol–water partition coefficient (Wildman–Crippen LogP) is 6.02. The largest absolute Gasteiger partial charge is 0.494 e. The number of rotatable bonds is 9. The summed E-state index contributed by atoms with van der Waals surface area (Å²) in [4.78, 5) is 10.3. The predicted molar refractivity (Wildman–Crippen MR) is 105 cm³/mol. The molecule has 0 bridgehead atoms. The summed E-state index contributed by atoms with van der Waals surface area (Å²) in [7, 11) is 0. The molecule has 0 aromatic rings. The summed E-state index contributed by atoms with van der Waals surface area (Å²) in [6.07, 6.45) is 6.06. The minimum Gasteiger partial charge on any atom is -0.494 e. The van der Waals surface area contributed by atoms with Crippen LogP contribution in [-0.4, -0.2) is 25.9 Å². The summed E-state index contributed by atoms with van der Waals surface area (Å²) >= 11 is 0. The molecule has 0 saturated carbocycles. The molecule has 1 unspecified atom stereocenters. The molecule has 0 saturated heterocycles. The van der Waals surface area contributed by atoms with Crippen molar-refractivity contribution in [2.24, 2.45) is 16.0 Å². The van der Waals surface area contributed by atoms with Gasteiger partial charge in [0, 0.05) is 19.4 Å². The van der Waals surface area contributed by atoms with Gasteiger partial charge in [-0.1, -0.05) is 60.1 Å². The molecule has 0 aliphatic heterocycles. The van der Waals surface area contributed by atoms with Crippen molar-refractivity contribution in [3.63, 3.8) is 0 Å². The van der Waals surface area contributed by atoms with E-state index in [2.05, 4.69) is 59.7 Å². The minimum absolute atomic E-state index is 0.0184. The topological polar surface area (TPSA) is 47.9 Å². The van der Waals surface area contributed by atoms with Gasteiger partial charge in [0.2, 0.25) is 0 Å². The molecule has 0 spiro atoms. The number of ether oxygens (including phenoxy) is 2. The Hall–Kier alpha value is -1.16. The smallest absolute Gasteiger partial charge is 0.119 e. The van der Waals surface area contributed by atoms with E-state index >= 15 is 0 Å². The molecular weight excluding hydrogens is 314 g/mol. The summed E-state index contributed by atoms with van der Waals surface area (Å²) in [5.74, 6) is 0.957. The standard InChI is InChI=1S/C21H37NO3/c1-8-9-12-24-18-14-17(21(5,6)7)19(25-13-10-11-22-23)15-16(18)20(2,3)4/h15,18H,8-14H2,1-7H3. The van der Waals surface area contributed by atoms with Gasteiger partial charge in [-0.15, -0.1) is 0 Å². The number of nitroso groups, excluding NO2 is 1. The van der Waals surface area contributed by atoms with Crippen LogP contribution >= 0.6 is 0 Å². The van der Waals surface area contributed by atoms with Crippen molar-refractivity contribution in [2.45, 2.75) is 80.3 Å². The van der Waals surface area contributed by atoms with Gasteiger partial charge in [-0.05, 0) is 34.5 Å². The number of hydrogen-bond acceptors (Lipinski definition) is 4. The zero-order valence-electron chi connectivity index (χ0n) is 17.3. The monoisotopic (exact) mass is 351 g/mol. The Morgan fingerprint density at radius 1 is 1.08 bits per heavy atom. The Labute approximate surface area is 154 Å². The van der Waals surface area contributed by atoms with Crippen molar-refractivity contribution in [2.75, 3.05) is 19.8 Å². The molecule has 0 N–H and O–H groups in total. The van der Waals surface area contributed by atoms with Crippen LogP contribution in [0.5, 0.6) is 0 Å². The molecule has 1 aliphatic rings. The highest BCUT2D eigenvalue weighted by Crippen LogP contribution is 2.43. The Morgan fingerprint density at radius 3 is 2.28 bits per heavy atom. The van der Waals surface area contributed by atoms with Crippen LogP contribution in [0.25, 0.3) is 0 Å². The van der Waals surface area contributed by atoms with Crippen LogP contribution in [0.4, 0.5) is 0 Å². The van der Waals surface area contributed by atoms with Gasteiger partial charge in [0.1, 0.15) is 5.76 Å². The van der Waals surface area contributed by atoms with E-state index in [-0.39, 0.29) is 16.9 Å². The van der Waals surface area contributed by atoms with Crippen molar-refractivity contribution < 1.29 is 9.47 Å². The van der Waals surface area contributed by atoms with Gasteiger partial charge in [0.25, 0.3) is 0 Å². The lowest BCUT2D eigenvalue weighted by Gasteiger charge is -2.38. The van der Waals surface area contributed by atoms with Gasteiger partial charge in [0.15, 0.2) is 0 Å². The van der Waals surface area contributed by atoms with E-state index in [0.717, 1.165) is 31.6 Å². The van der Waals surface area contributed by atoms with E-state index in [0.29, 0.717) is 19.6 Å². The van der Waals surface area contributed by atoms with Gasteiger partial charge < -0.3 is 9.47 Å². The van der Waals surface area contributed by atoms with Crippen molar-refractivity contribution in [3.8, 4) is 0 Å². The molecule has 1 atom stereocenters. The lowest BCUT2D eigenvalue weighted by molar-refractivity contribution is 0.0554. The van der Waals surface area contributed by atoms with Gasteiger partial charge in [-0.2, -0.15) is 4.91 Å². The summed E-state index contributed by atoms with van der Waals surface area (Å²) < 4.78 is 12.3. The van der Waals surface area contributed by atoms with Crippen molar-refractivity contribution >= 4 is 0 Å². The van der Waals surface area contributed by atoms with Crippen molar-refractivity contribution in [1.82, 2.24) is 0 Å². The van der Waals surface area contributed by atoms with E-state index in [9.17, 15) is 4.91 Å². The molecule has 144 valence electrons. The zero-order valence-corrected chi connectivity index (χ0v) is 17.3. The molecule has 0 aromatic carbocycles. The number of hydrogen-bond donors (Lipinski definition) is 0. The maximum absolute atomic E-state index is 10.3.